The van der Waals surface area contributed by atoms with Crippen molar-refractivity contribution in [3.63, 3.8) is 0 Å². The van der Waals surface area contributed by atoms with Crippen molar-refractivity contribution in [2.75, 3.05) is 20.1 Å². The smallest absolute Gasteiger partial charge is 0.274 e. The van der Waals surface area contributed by atoms with Gasteiger partial charge >= 0.3 is 0 Å². The lowest BCUT2D eigenvalue weighted by atomic mass is 10.1. The maximum absolute atomic E-state index is 12.4. The molecule has 1 aliphatic rings. The van der Waals surface area contributed by atoms with E-state index in [1.807, 2.05) is 23.9 Å². The van der Waals surface area contributed by atoms with Gasteiger partial charge in [-0.1, -0.05) is 5.16 Å². The third-order valence-electron chi connectivity index (χ3n) is 3.90. The van der Waals surface area contributed by atoms with E-state index in [0.717, 1.165) is 37.4 Å². The molecule has 22 heavy (non-hydrogen) atoms. The molecule has 7 heteroatoms. The highest BCUT2D eigenvalue weighted by atomic mass is 16.5. The fraction of sp³-hybridized carbons (Fsp3) is 0.533. The first kappa shape index (κ1) is 14.8. The average molecular weight is 303 g/mol. The van der Waals surface area contributed by atoms with Crippen LogP contribution in [0, 0.1) is 6.92 Å². The molecule has 0 bridgehead atoms. The molecule has 0 spiro atoms. The van der Waals surface area contributed by atoms with E-state index in [4.69, 9.17) is 4.52 Å². The molecule has 7 nitrogen and oxygen atoms in total. The zero-order valence-corrected chi connectivity index (χ0v) is 13.0. The lowest BCUT2D eigenvalue weighted by Crippen LogP contribution is -2.32. The van der Waals surface area contributed by atoms with Crippen molar-refractivity contribution in [3.05, 3.63) is 35.5 Å². The van der Waals surface area contributed by atoms with Gasteiger partial charge in [0.1, 0.15) is 17.1 Å². The number of nitrogens with zero attached hydrogens (tertiary/aromatic N) is 4. The Morgan fingerprint density at radius 1 is 1.59 bits per heavy atom. The molecule has 0 aromatic carbocycles. The Bertz CT molecular complexity index is 642. The van der Waals surface area contributed by atoms with Crippen molar-refractivity contribution < 1.29 is 9.32 Å². The molecule has 118 valence electrons. The lowest BCUT2D eigenvalue weighted by Gasteiger charge is -2.23. The largest absolute Gasteiger partial charge is 0.361 e. The number of hydrogen-bond donors (Lipinski definition) is 1. The van der Waals surface area contributed by atoms with Crippen LogP contribution in [0.2, 0.25) is 0 Å². The number of carbonyl (C=O) groups excluding carboxylic acids is 1. The van der Waals surface area contributed by atoms with Gasteiger partial charge in [0.2, 0.25) is 0 Å². The van der Waals surface area contributed by atoms with E-state index in [-0.39, 0.29) is 5.91 Å². The third kappa shape index (κ3) is 3.19. The molecule has 3 rings (SSSR count). The Balaban J connectivity index is 1.65. The first-order chi connectivity index (χ1) is 10.6. The van der Waals surface area contributed by atoms with Gasteiger partial charge in [-0.15, -0.1) is 0 Å². The zero-order valence-electron chi connectivity index (χ0n) is 13.0. The molecule has 0 radical (unpaired) electrons. The summed E-state index contributed by atoms with van der Waals surface area (Å²) in [6.07, 6.45) is 4.12. The van der Waals surface area contributed by atoms with E-state index in [2.05, 4.69) is 15.6 Å². The molecule has 0 saturated carbocycles. The summed E-state index contributed by atoms with van der Waals surface area (Å²) in [5, 5.41) is 11.7. The van der Waals surface area contributed by atoms with Gasteiger partial charge in [0, 0.05) is 25.9 Å². The highest BCUT2D eigenvalue weighted by Gasteiger charge is 2.20. The molecule has 2 aromatic heterocycles. The fourth-order valence-corrected chi connectivity index (χ4v) is 2.72. The van der Waals surface area contributed by atoms with E-state index < -0.39 is 0 Å². The maximum Gasteiger partial charge on any atom is 0.274 e. The van der Waals surface area contributed by atoms with Gasteiger partial charge in [-0.3, -0.25) is 9.48 Å². The molecule has 1 amide bonds. The summed E-state index contributed by atoms with van der Waals surface area (Å²) < 4.78 is 6.92. The zero-order chi connectivity index (χ0) is 15.5. The van der Waals surface area contributed by atoms with Crippen LogP contribution in [0.5, 0.6) is 0 Å². The lowest BCUT2D eigenvalue weighted by molar-refractivity contribution is 0.0775. The van der Waals surface area contributed by atoms with Crippen molar-refractivity contribution in [2.45, 2.75) is 32.4 Å². The van der Waals surface area contributed by atoms with Crippen LogP contribution in [0.25, 0.3) is 0 Å². The Kier molecular flexibility index (Phi) is 4.24. The van der Waals surface area contributed by atoms with Crippen LogP contribution in [0.4, 0.5) is 0 Å². The number of rotatable bonds is 4. The Hall–Kier alpha value is -2.15. The standard InChI is InChI=1S/C15H21N5O2/c1-11-8-12(18-22-11)10-19(2)15(21)14-5-7-20(17-14)13-4-3-6-16-9-13/h5,7-8,13,16H,3-4,6,9-10H2,1-2H3/t13-/m1/s1. The fourth-order valence-electron chi connectivity index (χ4n) is 2.72. The van der Waals surface area contributed by atoms with E-state index in [1.165, 1.54) is 0 Å². The van der Waals surface area contributed by atoms with Crippen LogP contribution >= 0.6 is 0 Å². The van der Waals surface area contributed by atoms with Crippen LogP contribution in [0.15, 0.2) is 22.9 Å². The van der Waals surface area contributed by atoms with Crippen molar-refractivity contribution in [1.82, 2.24) is 25.2 Å². The number of nitrogens with one attached hydrogen (secondary N) is 1. The van der Waals surface area contributed by atoms with Crippen LogP contribution in [-0.2, 0) is 6.54 Å². The molecular weight excluding hydrogens is 282 g/mol. The van der Waals surface area contributed by atoms with Crippen LogP contribution < -0.4 is 5.32 Å². The SMILES string of the molecule is Cc1cc(CN(C)C(=O)c2ccn([C@@H]3CCCNC3)n2)no1. The van der Waals surface area contributed by atoms with Gasteiger partial charge in [0.05, 0.1) is 12.6 Å². The van der Waals surface area contributed by atoms with Gasteiger partial charge in [0.15, 0.2) is 0 Å². The summed E-state index contributed by atoms with van der Waals surface area (Å²) in [6, 6.07) is 3.94. The first-order valence-corrected chi connectivity index (χ1v) is 7.57. The molecule has 1 atom stereocenters. The number of aromatic nitrogens is 3. The topological polar surface area (TPSA) is 76.2 Å². The monoisotopic (exact) mass is 303 g/mol. The summed E-state index contributed by atoms with van der Waals surface area (Å²) in [7, 11) is 1.74. The number of piperidine rings is 1. The third-order valence-corrected chi connectivity index (χ3v) is 3.90. The predicted molar refractivity (Wildman–Crippen MR) is 80.4 cm³/mol. The average Bonchev–Trinajstić information content (AvgIpc) is 3.17. The van der Waals surface area contributed by atoms with Gasteiger partial charge in [-0.25, -0.2) is 0 Å². The highest BCUT2D eigenvalue weighted by molar-refractivity contribution is 5.91. The summed E-state index contributed by atoms with van der Waals surface area (Å²) in [6.45, 7) is 4.21. The summed E-state index contributed by atoms with van der Waals surface area (Å²) in [4.78, 5) is 14.0. The molecule has 1 N–H and O–H groups in total. The Morgan fingerprint density at radius 2 is 2.45 bits per heavy atom. The first-order valence-electron chi connectivity index (χ1n) is 7.57. The Morgan fingerprint density at radius 3 is 3.14 bits per heavy atom. The molecular formula is C15H21N5O2. The minimum atomic E-state index is -0.108. The highest BCUT2D eigenvalue weighted by Crippen LogP contribution is 2.16. The van der Waals surface area contributed by atoms with Gasteiger partial charge in [0.25, 0.3) is 5.91 Å². The number of carbonyl (C=O) groups is 1. The minimum Gasteiger partial charge on any atom is -0.361 e. The van der Waals surface area contributed by atoms with E-state index >= 15 is 0 Å². The second kappa shape index (κ2) is 6.31. The van der Waals surface area contributed by atoms with Gasteiger partial charge < -0.3 is 14.7 Å². The van der Waals surface area contributed by atoms with Gasteiger partial charge in [-0.2, -0.15) is 5.10 Å². The van der Waals surface area contributed by atoms with Gasteiger partial charge in [-0.05, 0) is 32.4 Å². The van der Waals surface area contributed by atoms with Crippen molar-refractivity contribution in [2.24, 2.45) is 0 Å². The Labute approximate surface area is 129 Å². The molecule has 1 fully saturated rings. The van der Waals surface area contributed by atoms with E-state index in [0.29, 0.717) is 18.3 Å². The predicted octanol–water partition coefficient (Wildman–Crippen LogP) is 1.38. The van der Waals surface area contributed by atoms with E-state index in [9.17, 15) is 4.79 Å². The molecule has 1 aliphatic heterocycles. The normalized spacial score (nSPS) is 18.4. The van der Waals surface area contributed by atoms with Crippen LogP contribution in [0.1, 0.15) is 40.8 Å². The number of hydrogen-bond acceptors (Lipinski definition) is 5. The van der Waals surface area contributed by atoms with Crippen molar-refractivity contribution in [3.8, 4) is 0 Å². The minimum absolute atomic E-state index is 0.108. The summed E-state index contributed by atoms with van der Waals surface area (Å²) in [5.74, 6) is 0.632. The van der Waals surface area contributed by atoms with Crippen molar-refractivity contribution >= 4 is 5.91 Å². The van der Waals surface area contributed by atoms with Crippen LogP contribution in [-0.4, -0.2) is 45.9 Å². The molecule has 0 unspecified atom stereocenters. The summed E-state index contributed by atoms with van der Waals surface area (Å²) in [5.41, 5.74) is 1.21. The quantitative estimate of drug-likeness (QED) is 0.923. The number of aryl methyl sites for hydroxylation is 1. The molecule has 1 saturated heterocycles. The maximum atomic E-state index is 12.4. The molecule has 2 aromatic rings. The number of amides is 1. The molecule has 3 heterocycles. The van der Waals surface area contributed by atoms with Crippen LogP contribution in [0.3, 0.4) is 0 Å². The summed E-state index contributed by atoms with van der Waals surface area (Å²) >= 11 is 0. The van der Waals surface area contributed by atoms with Crippen molar-refractivity contribution in [1.29, 1.82) is 0 Å². The molecule has 0 aliphatic carbocycles. The second-order valence-electron chi connectivity index (χ2n) is 5.77. The second-order valence-corrected chi connectivity index (χ2v) is 5.77. The van der Waals surface area contributed by atoms with E-state index in [1.54, 1.807) is 18.0 Å².